The molecule has 0 bridgehead atoms. The zero-order valence-corrected chi connectivity index (χ0v) is 12.6. The van der Waals surface area contributed by atoms with E-state index in [9.17, 15) is 14.4 Å². The molecule has 7 nitrogen and oxygen atoms in total. The molecule has 120 valence electrons. The van der Waals surface area contributed by atoms with Gasteiger partial charge >= 0.3 is 5.97 Å². The van der Waals surface area contributed by atoms with Crippen molar-refractivity contribution in [3.63, 3.8) is 0 Å². The van der Waals surface area contributed by atoms with Crippen LogP contribution >= 0.6 is 0 Å². The quantitative estimate of drug-likeness (QED) is 0.654. The van der Waals surface area contributed by atoms with Gasteiger partial charge in [0.2, 0.25) is 5.91 Å². The Bertz CT molecular complexity index is 525. The molecule has 0 aliphatic heterocycles. The summed E-state index contributed by atoms with van der Waals surface area (Å²) in [4.78, 5) is 33.4. The predicted molar refractivity (Wildman–Crippen MR) is 79.8 cm³/mol. The van der Waals surface area contributed by atoms with Crippen LogP contribution in [-0.2, 0) is 9.59 Å². The van der Waals surface area contributed by atoms with Crippen molar-refractivity contribution in [2.45, 2.75) is 13.8 Å². The highest BCUT2D eigenvalue weighted by Gasteiger charge is 2.09. The number of hydrogen-bond acceptors (Lipinski definition) is 4. The molecule has 1 aromatic rings. The summed E-state index contributed by atoms with van der Waals surface area (Å²) in [5.41, 5.74) is 0.392. The Morgan fingerprint density at radius 1 is 1.09 bits per heavy atom. The number of carbonyl (C=O) groups is 3. The second kappa shape index (κ2) is 8.66. The van der Waals surface area contributed by atoms with Gasteiger partial charge in [-0.2, -0.15) is 0 Å². The molecule has 0 aromatic heterocycles. The first-order valence-electron chi connectivity index (χ1n) is 6.88. The molecule has 0 fully saturated rings. The highest BCUT2D eigenvalue weighted by molar-refractivity contribution is 5.96. The standard InChI is InChI=1S/C15H20N2O5/c1-10(2)9-22-12-5-3-11(4-6-12)15(21)17-7-13(18)16-8-14(19)20/h3-6,10H,7-9H2,1-2H3,(H,16,18)(H,17,21)(H,19,20). The monoisotopic (exact) mass is 308 g/mol. The molecule has 2 amide bonds. The van der Waals surface area contributed by atoms with Gasteiger partial charge in [0, 0.05) is 5.56 Å². The number of nitrogens with one attached hydrogen (secondary N) is 2. The van der Waals surface area contributed by atoms with Gasteiger partial charge in [0.05, 0.1) is 13.2 Å². The fraction of sp³-hybridized carbons (Fsp3) is 0.400. The molecule has 1 rings (SSSR count). The summed E-state index contributed by atoms with van der Waals surface area (Å²) in [6, 6.07) is 6.56. The first-order chi connectivity index (χ1) is 10.4. The predicted octanol–water partition coefficient (Wildman–Crippen LogP) is 0.652. The van der Waals surface area contributed by atoms with Crippen molar-refractivity contribution in [2.24, 2.45) is 5.92 Å². The van der Waals surface area contributed by atoms with Crippen LogP contribution in [0.2, 0.25) is 0 Å². The fourth-order valence-corrected chi connectivity index (χ4v) is 1.46. The molecule has 0 heterocycles. The lowest BCUT2D eigenvalue weighted by Crippen LogP contribution is -2.39. The molecule has 0 spiro atoms. The molecule has 0 saturated heterocycles. The molecule has 0 atom stereocenters. The van der Waals surface area contributed by atoms with E-state index in [2.05, 4.69) is 10.6 Å². The molecule has 0 aliphatic carbocycles. The average molecular weight is 308 g/mol. The van der Waals surface area contributed by atoms with Crippen LogP contribution in [0.5, 0.6) is 5.75 Å². The minimum Gasteiger partial charge on any atom is -0.493 e. The molecule has 0 saturated carbocycles. The zero-order chi connectivity index (χ0) is 16.5. The van der Waals surface area contributed by atoms with Crippen molar-refractivity contribution >= 4 is 17.8 Å². The number of carboxylic acid groups (broad SMARTS) is 1. The van der Waals surface area contributed by atoms with Crippen LogP contribution < -0.4 is 15.4 Å². The van der Waals surface area contributed by atoms with Gasteiger partial charge in [-0.3, -0.25) is 14.4 Å². The van der Waals surface area contributed by atoms with Crippen molar-refractivity contribution < 1.29 is 24.2 Å². The van der Waals surface area contributed by atoms with Crippen LogP contribution in [0, 0.1) is 5.92 Å². The van der Waals surface area contributed by atoms with E-state index in [1.54, 1.807) is 24.3 Å². The van der Waals surface area contributed by atoms with E-state index in [1.165, 1.54) is 0 Å². The third-order valence-electron chi connectivity index (χ3n) is 2.55. The second-order valence-electron chi connectivity index (χ2n) is 5.08. The minimum absolute atomic E-state index is 0.280. The first-order valence-corrected chi connectivity index (χ1v) is 6.88. The Morgan fingerprint density at radius 2 is 1.73 bits per heavy atom. The lowest BCUT2D eigenvalue weighted by atomic mass is 10.2. The molecular weight excluding hydrogens is 288 g/mol. The highest BCUT2D eigenvalue weighted by Crippen LogP contribution is 2.13. The molecule has 1 aromatic carbocycles. The number of aliphatic carboxylic acids is 1. The van der Waals surface area contributed by atoms with Gasteiger partial charge in [0.1, 0.15) is 12.3 Å². The maximum Gasteiger partial charge on any atom is 0.322 e. The van der Waals surface area contributed by atoms with Crippen molar-refractivity contribution in [2.75, 3.05) is 19.7 Å². The molecule has 0 aliphatic rings. The lowest BCUT2D eigenvalue weighted by molar-refractivity contribution is -0.137. The molecule has 7 heteroatoms. The number of ether oxygens (including phenoxy) is 1. The fourth-order valence-electron chi connectivity index (χ4n) is 1.46. The molecular formula is C15H20N2O5. The first kappa shape index (κ1) is 17.5. The Labute approximate surface area is 128 Å². The molecule has 0 radical (unpaired) electrons. The maximum atomic E-state index is 11.8. The molecule has 22 heavy (non-hydrogen) atoms. The van der Waals surface area contributed by atoms with Crippen LogP contribution in [0.4, 0.5) is 0 Å². The van der Waals surface area contributed by atoms with Gasteiger partial charge in [0.25, 0.3) is 5.91 Å². The minimum atomic E-state index is -1.14. The Hall–Kier alpha value is -2.57. The summed E-state index contributed by atoms with van der Waals surface area (Å²) in [5, 5.41) is 13.0. The summed E-state index contributed by atoms with van der Waals surface area (Å²) < 4.78 is 5.50. The smallest absolute Gasteiger partial charge is 0.322 e. The van der Waals surface area contributed by atoms with Crippen molar-refractivity contribution in [3.8, 4) is 5.75 Å². The van der Waals surface area contributed by atoms with E-state index in [0.29, 0.717) is 23.8 Å². The van der Waals surface area contributed by atoms with Crippen LogP contribution in [0.3, 0.4) is 0 Å². The van der Waals surface area contributed by atoms with Crippen molar-refractivity contribution in [3.05, 3.63) is 29.8 Å². The maximum absolute atomic E-state index is 11.8. The molecule has 0 unspecified atom stereocenters. The normalized spacial score (nSPS) is 10.1. The third kappa shape index (κ3) is 6.74. The van der Waals surface area contributed by atoms with Gasteiger partial charge in [-0.1, -0.05) is 13.8 Å². The summed E-state index contributed by atoms with van der Waals surface area (Å²) in [5.74, 6) is -1.04. The summed E-state index contributed by atoms with van der Waals surface area (Å²) in [7, 11) is 0. The van der Waals surface area contributed by atoms with E-state index >= 15 is 0 Å². The highest BCUT2D eigenvalue weighted by atomic mass is 16.5. The summed E-state index contributed by atoms with van der Waals surface area (Å²) in [6.07, 6.45) is 0. The van der Waals surface area contributed by atoms with Gasteiger partial charge in [-0.25, -0.2) is 0 Å². The van der Waals surface area contributed by atoms with Gasteiger partial charge in [-0.05, 0) is 30.2 Å². The third-order valence-corrected chi connectivity index (χ3v) is 2.55. The van der Waals surface area contributed by atoms with Crippen LogP contribution in [-0.4, -0.2) is 42.6 Å². The van der Waals surface area contributed by atoms with Crippen molar-refractivity contribution in [1.29, 1.82) is 0 Å². The Morgan fingerprint density at radius 3 is 2.27 bits per heavy atom. The summed E-state index contributed by atoms with van der Waals surface area (Å²) >= 11 is 0. The van der Waals surface area contributed by atoms with E-state index in [-0.39, 0.29) is 6.54 Å². The SMILES string of the molecule is CC(C)COc1ccc(C(=O)NCC(=O)NCC(=O)O)cc1. The van der Waals surface area contributed by atoms with Gasteiger partial charge in [-0.15, -0.1) is 0 Å². The van der Waals surface area contributed by atoms with Crippen molar-refractivity contribution in [1.82, 2.24) is 10.6 Å². The Kier molecular flexibility index (Phi) is 6.88. The van der Waals surface area contributed by atoms with E-state index in [4.69, 9.17) is 9.84 Å². The number of hydrogen-bond donors (Lipinski definition) is 3. The second-order valence-corrected chi connectivity index (χ2v) is 5.08. The number of carboxylic acids is 1. The average Bonchev–Trinajstić information content (AvgIpc) is 2.49. The van der Waals surface area contributed by atoms with E-state index < -0.39 is 24.3 Å². The van der Waals surface area contributed by atoms with Gasteiger partial charge in [0.15, 0.2) is 0 Å². The lowest BCUT2D eigenvalue weighted by Gasteiger charge is -2.09. The van der Waals surface area contributed by atoms with Gasteiger partial charge < -0.3 is 20.5 Å². The number of carbonyl (C=O) groups excluding carboxylic acids is 2. The van der Waals surface area contributed by atoms with E-state index in [1.807, 2.05) is 13.8 Å². The van der Waals surface area contributed by atoms with Crippen LogP contribution in [0.15, 0.2) is 24.3 Å². The van der Waals surface area contributed by atoms with Crippen LogP contribution in [0.25, 0.3) is 0 Å². The summed E-state index contributed by atoms with van der Waals surface area (Å²) in [6.45, 7) is 3.91. The van der Waals surface area contributed by atoms with E-state index in [0.717, 1.165) is 0 Å². The van der Waals surface area contributed by atoms with Crippen LogP contribution in [0.1, 0.15) is 24.2 Å². The number of benzene rings is 1. The zero-order valence-electron chi connectivity index (χ0n) is 12.6. The topological polar surface area (TPSA) is 105 Å². The molecule has 3 N–H and O–H groups in total. The number of rotatable bonds is 8. The largest absolute Gasteiger partial charge is 0.493 e. The Balaban J connectivity index is 2.42. The number of amides is 2.